The lowest BCUT2D eigenvalue weighted by Crippen LogP contribution is -2.27. The second-order valence-electron chi connectivity index (χ2n) is 7.53. The molecule has 1 aliphatic rings. The third-order valence-corrected chi connectivity index (χ3v) is 5.57. The number of hydrogen-bond donors (Lipinski definition) is 1. The number of nitrogens with zero attached hydrogens (tertiary/aromatic N) is 1. The van der Waals surface area contributed by atoms with Crippen molar-refractivity contribution in [3.63, 3.8) is 0 Å². The first-order valence-corrected chi connectivity index (χ1v) is 9.68. The van der Waals surface area contributed by atoms with E-state index in [1.165, 1.54) is 5.56 Å². The number of ether oxygens (including phenoxy) is 2. The van der Waals surface area contributed by atoms with Crippen molar-refractivity contribution in [1.82, 2.24) is 9.88 Å². The maximum atomic E-state index is 13.2. The summed E-state index contributed by atoms with van der Waals surface area (Å²) in [5.74, 6) is 1.38. The summed E-state index contributed by atoms with van der Waals surface area (Å²) in [5.41, 5.74) is 4.12. The SMILES string of the molecule is COc1cc2c(cc1OC)C(NC(=O)c1cn(C(C)C)c3ccccc13)CC2. The summed E-state index contributed by atoms with van der Waals surface area (Å²) in [5, 5.41) is 4.22. The van der Waals surface area contributed by atoms with Crippen LogP contribution in [-0.2, 0) is 6.42 Å². The number of para-hydroxylation sites is 1. The zero-order chi connectivity index (χ0) is 19.8. The van der Waals surface area contributed by atoms with E-state index in [4.69, 9.17) is 9.47 Å². The lowest BCUT2D eigenvalue weighted by atomic mass is 10.1. The summed E-state index contributed by atoms with van der Waals surface area (Å²) in [6.07, 6.45) is 3.75. The molecule has 0 saturated heterocycles. The smallest absolute Gasteiger partial charge is 0.253 e. The number of carbonyl (C=O) groups excluding carboxylic acids is 1. The van der Waals surface area contributed by atoms with E-state index in [0.717, 1.165) is 40.6 Å². The van der Waals surface area contributed by atoms with Crippen molar-refractivity contribution < 1.29 is 14.3 Å². The first-order chi connectivity index (χ1) is 13.5. The molecular weight excluding hydrogens is 352 g/mol. The Morgan fingerprint density at radius 2 is 1.86 bits per heavy atom. The fourth-order valence-corrected chi connectivity index (χ4v) is 4.13. The van der Waals surface area contributed by atoms with Gasteiger partial charge in [-0.05, 0) is 56.0 Å². The van der Waals surface area contributed by atoms with Crippen molar-refractivity contribution in [3.8, 4) is 11.5 Å². The van der Waals surface area contributed by atoms with Crippen molar-refractivity contribution in [2.24, 2.45) is 0 Å². The Kier molecular flexibility index (Phi) is 4.75. The lowest BCUT2D eigenvalue weighted by Gasteiger charge is -2.16. The van der Waals surface area contributed by atoms with Crippen LogP contribution in [0, 0.1) is 0 Å². The molecule has 1 N–H and O–H groups in total. The Hall–Kier alpha value is -2.95. The molecule has 1 aliphatic carbocycles. The highest BCUT2D eigenvalue weighted by Crippen LogP contribution is 2.39. The van der Waals surface area contributed by atoms with Crippen LogP contribution < -0.4 is 14.8 Å². The molecule has 1 aromatic heterocycles. The minimum atomic E-state index is -0.0387. The summed E-state index contributed by atoms with van der Waals surface area (Å²) in [7, 11) is 3.27. The molecule has 1 amide bonds. The summed E-state index contributed by atoms with van der Waals surface area (Å²) in [6, 6.07) is 12.3. The molecule has 5 heteroatoms. The van der Waals surface area contributed by atoms with E-state index in [1.807, 2.05) is 36.5 Å². The quantitative estimate of drug-likeness (QED) is 0.703. The maximum Gasteiger partial charge on any atom is 0.253 e. The van der Waals surface area contributed by atoms with E-state index >= 15 is 0 Å². The van der Waals surface area contributed by atoms with Gasteiger partial charge in [0, 0.05) is 23.1 Å². The minimum absolute atomic E-state index is 0.0246. The van der Waals surface area contributed by atoms with Gasteiger partial charge >= 0.3 is 0 Å². The van der Waals surface area contributed by atoms with Crippen molar-refractivity contribution in [1.29, 1.82) is 0 Å². The number of amides is 1. The van der Waals surface area contributed by atoms with Crippen LogP contribution in [0.25, 0.3) is 10.9 Å². The Bertz CT molecular complexity index is 1040. The van der Waals surface area contributed by atoms with Crippen LogP contribution in [0.5, 0.6) is 11.5 Å². The monoisotopic (exact) mass is 378 g/mol. The summed E-state index contributed by atoms with van der Waals surface area (Å²) < 4.78 is 13.0. The normalized spacial score (nSPS) is 15.7. The van der Waals surface area contributed by atoms with Crippen LogP contribution in [0.3, 0.4) is 0 Å². The lowest BCUT2D eigenvalue weighted by molar-refractivity contribution is 0.0938. The topological polar surface area (TPSA) is 52.5 Å². The van der Waals surface area contributed by atoms with Crippen LogP contribution in [0.4, 0.5) is 0 Å². The Labute approximate surface area is 165 Å². The van der Waals surface area contributed by atoms with E-state index in [1.54, 1.807) is 14.2 Å². The van der Waals surface area contributed by atoms with Gasteiger partial charge in [-0.2, -0.15) is 0 Å². The van der Waals surface area contributed by atoms with E-state index in [2.05, 4.69) is 29.8 Å². The second kappa shape index (κ2) is 7.23. The summed E-state index contributed by atoms with van der Waals surface area (Å²) >= 11 is 0. The van der Waals surface area contributed by atoms with Crippen LogP contribution in [0.1, 0.15) is 53.8 Å². The minimum Gasteiger partial charge on any atom is -0.493 e. The van der Waals surface area contributed by atoms with Gasteiger partial charge in [-0.25, -0.2) is 0 Å². The first kappa shape index (κ1) is 18.4. The molecule has 2 aromatic carbocycles. The summed E-state index contributed by atoms with van der Waals surface area (Å²) in [4.78, 5) is 13.2. The largest absolute Gasteiger partial charge is 0.493 e. The fourth-order valence-electron chi connectivity index (χ4n) is 4.13. The van der Waals surface area contributed by atoms with Crippen molar-refractivity contribution >= 4 is 16.8 Å². The zero-order valence-electron chi connectivity index (χ0n) is 16.8. The number of benzene rings is 2. The molecule has 0 aliphatic heterocycles. The molecule has 0 fully saturated rings. The number of nitrogens with one attached hydrogen (secondary N) is 1. The molecule has 0 saturated carbocycles. The van der Waals surface area contributed by atoms with Gasteiger partial charge in [0.2, 0.25) is 0 Å². The molecule has 146 valence electrons. The van der Waals surface area contributed by atoms with E-state index in [0.29, 0.717) is 5.75 Å². The van der Waals surface area contributed by atoms with Crippen LogP contribution in [0.2, 0.25) is 0 Å². The van der Waals surface area contributed by atoms with Gasteiger partial charge in [0.05, 0.1) is 25.8 Å². The van der Waals surface area contributed by atoms with E-state index in [-0.39, 0.29) is 18.0 Å². The Morgan fingerprint density at radius 1 is 1.14 bits per heavy atom. The van der Waals surface area contributed by atoms with Gasteiger partial charge in [0.1, 0.15) is 0 Å². The predicted molar refractivity (Wildman–Crippen MR) is 110 cm³/mol. The summed E-state index contributed by atoms with van der Waals surface area (Å²) in [6.45, 7) is 4.25. The Balaban J connectivity index is 1.66. The number of hydrogen-bond acceptors (Lipinski definition) is 3. The highest BCUT2D eigenvalue weighted by atomic mass is 16.5. The number of aryl methyl sites for hydroxylation is 1. The molecule has 5 nitrogen and oxygen atoms in total. The average Bonchev–Trinajstić information content (AvgIpc) is 3.28. The third kappa shape index (κ3) is 3.01. The molecule has 0 spiro atoms. The van der Waals surface area contributed by atoms with Gasteiger partial charge < -0.3 is 19.4 Å². The van der Waals surface area contributed by atoms with Crippen LogP contribution in [0.15, 0.2) is 42.6 Å². The number of aromatic nitrogens is 1. The molecule has 0 bridgehead atoms. The zero-order valence-corrected chi connectivity index (χ0v) is 16.8. The van der Waals surface area contributed by atoms with Gasteiger partial charge in [0.25, 0.3) is 5.91 Å². The Morgan fingerprint density at radius 3 is 2.57 bits per heavy atom. The maximum absolute atomic E-state index is 13.2. The van der Waals surface area contributed by atoms with Crippen molar-refractivity contribution in [3.05, 3.63) is 59.3 Å². The number of carbonyl (C=O) groups is 1. The van der Waals surface area contributed by atoms with Crippen molar-refractivity contribution in [2.75, 3.05) is 14.2 Å². The molecule has 28 heavy (non-hydrogen) atoms. The number of methoxy groups -OCH3 is 2. The van der Waals surface area contributed by atoms with Crippen LogP contribution >= 0.6 is 0 Å². The standard InChI is InChI=1S/C23H26N2O3/c1-14(2)25-13-18(16-7-5-6-8-20(16)25)23(26)24-19-10-9-15-11-21(27-3)22(28-4)12-17(15)19/h5-8,11-14,19H,9-10H2,1-4H3,(H,24,26). The van der Waals surface area contributed by atoms with Crippen molar-refractivity contribution in [2.45, 2.75) is 38.8 Å². The van der Waals surface area contributed by atoms with E-state index < -0.39 is 0 Å². The number of rotatable bonds is 5. The molecule has 3 aromatic rings. The van der Waals surface area contributed by atoms with Gasteiger partial charge in [0.15, 0.2) is 11.5 Å². The first-order valence-electron chi connectivity index (χ1n) is 9.68. The van der Waals surface area contributed by atoms with Gasteiger partial charge in [-0.1, -0.05) is 18.2 Å². The predicted octanol–water partition coefficient (Wildman–Crippen LogP) is 4.66. The highest BCUT2D eigenvalue weighted by Gasteiger charge is 2.27. The van der Waals surface area contributed by atoms with Gasteiger partial charge in [-0.3, -0.25) is 4.79 Å². The third-order valence-electron chi connectivity index (χ3n) is 5.57. The molecule has 1 atom stereocenters. The molecular formula is C23H26N2O3. The van der Waals surface area contributed by atoms with Crippen LogP contribution in [-0.4, -0.2) is 24.7 Å². The number of fused-ring (bicyclic) bond motifs is 2. The second-order valence-corrected chi connectivity index (χ2v) is 7.53. The average molecular weight is 378 g/mol. The fraction of sp³-hybridized carbons (Fsp3) is 0.348. The van der Waals surface area contributed by atoms with Gasteiger partial charge in [-0.15, -0.1) is 0 Å². The molecule has 1 heterocycles. The molecule has 4 rings (SSSR count). The highest BCUT2D eigenvalue weighted by molar-refractivity contribution is 6.07. The van der Waals surface area contributed by atoms with E-state index in [9.17, 15) is 4.79 Å². The molecule has 0 radical (unpaired) electrons. The molecule has 1 unspecified atom stereocenters.